The molecular weight excluding hydrogens is 98.1 g/mol. The summed E-state index contributed by atoms with van der Waals surface area (Å²) in [4.78, 5) is 0. The monoisotopic (exact) mass is 113 g/mol. The molecule has 0 bridgehead atoms. The average Bonchev–Trinajstić information content (AvgIpc) is 1.82. The van der Waals surface area contributed by atoms with Crippen LogP contribution in [0, 0.1) is 5.92 Å². The van der Waals surface area contributed by atoms with E-state index in [-0.39, 0.29) is 5.54 Å². The molecule has 0 radical (unpaired) electrons. The lowest BCUT2D eigenvalue weighted by Crippen LogP contribution is -2.32. The Labute approximate surface area is 51.3 Å². The van der Waals surface area contributed by atoms with Crippen LogP contribution >= 0.6 is 0 Å². The number of hydrogen-bond acceptors (Lipinski definition) is 1. The highest BCUT2D eigenvalue weighted by Crippen LogP contribution is 2.31. The standard InChI is InChI=1S/C7H15N/c1-6-3-4-7(2,8)5-6/h6H,3-5,8H2,1-2H3/t6?,7-/m0/s1. The Morgan fingerprint density at radius 2 is 2.25 bits per heavy atom. The second-order valence-corrected chi connectivity index (χ2v) is 3.50. The quantitative estimate of drug-likeness (QED) is 0.506. The first-order valence-electron chi connectivity index (χ1n) is 3.39. The summed E-state index contributed by atoms with van der Waals surface area (Å²) in [6.07, 6.45) is 3.76. The second kappa shape index (κ2) is 1.73. The Hall–Kier alpha value is -0.0400. The van der Waals surface area contributed by atoms with Crippen LogP contribution in [-0.2, 0) is 0 Å². The van der Waals surface area contributed by atoms with E-state index in [2.05, 4.69) is 13.8 Å². The van der Waals surface area contributed by atoms with Gasteiger partial charge in [0.1, 0.15) is 0 Å². The van der Waals surface area contributed by atoms with Crippen molar-refractivity contribution in [2.45, 2.75) is 38.6 Å². The summed E-state index contributed by atoms with van der Waals surface area (Å²) in [6, 6.07) is 0. The molecule has 1 nitrogen and oxygen atoms in total. The maximum absolute atomic E-state index is 5.87. The molecule has 1 rings (SSSR count). The fraction of sp³-hybridized carbons (Fsp3) is 1.00. The van der Waals surface area contributed by atoms with Crippen molar-refractivity contribution in [1.29, 1.82) is 0 Å². The van der Waals surface area contributed by atoms with Gasteiger partial charge >= 0.3 is 0 Å². The zero-order chi connectivity index (χ0) is 6.20. The van der Waals surface area contributed by atoms with Crippen molar-refractivity contribution in [2.24, 2.45) is 11.7 Å². The normalized spacial score (nSPS) is 47.6. The topological polar surface area (TPSA) is 26.0 Å². The fourth-order valence-corrected chi connectivity index (χ4v) is 1.58. The summed E-state index contributed by atoms with van der Waals surface area (Å²) in [6.45, 7) is 4.43. The van der Waals surface area contributed by atoms with Gasteiger partial charge in [0.15, 0.2) is 0 Å². The maximum atomic E-state index is 5.87. The summed E-state index contributed by atoms with van der Waals surface area (Å²) >= 11 is 0. The second-order valence-electron chi connectivity index (χ2n) is 3.50. The van der Waals surface area contributed by atoms with Gasteiger partial charge < -0.3 is 5.73 Å². The average molecular weight is 113 g/mol. The van der Waals surface area contributed by atoms with Crippen molar-refractivity contribution >= 4 is 0 Å². The first-order valence-corrected chi connectivity index (χ1v) is 3.39. The lowest BCUT2D eigenvalue weighted by atomic mass is 10.0. The third-order valence-corrected chi connectivity index (χ3v) is 2.02. The number of rotatable bonds is 0. The van der Waals surface area contributed by atoms with Crippen molar-refractivity contribution < 1.29 is 0 Å². The van der Waals surface area contributed by atoms with E-state index >= 15 is 0 Å². The molecule has 1 aliphatic carbocycles. The molecule has 0 spiro atoms. The first kappa shape index (κ1) is 6.09. The van der Waals surface area contributed by atoms with Gasteiger partial charge in [0.05, 0.1) is 0 Å². The van der Waals surface area contributed by atoms with Crippen molar-refractivity contribution in [3.63, 3.8) is 0 Å². The van der Waals surface area contributed by atoms with Gasteiger partial charge in [0, 0.05) is 5.54 Å². The summed E-state index contributed by atoms with van der Waals surface area (Å²) in [7, 11) is 0. The van der Waals surface area contributed by atoms with E-state index < -0.39 is 0 Å². The minimum Gasteiger partial charge on any atom is -0.325 e. The van der Waals surface area contributed by atoms with Crippen LogP contribution in [-0.4, -0.2) is 5.54 Å². The van der Waals surface area contributed by atoms with Gasteiger partial charge in [-0.05, 0) is 32.1 Å². The molecular formula is C7H15N. The Morgan fingerprint density at radius 3 is 2.38 bits per heavy atom. The Bertz CT molecular complexity index is 86.4. The zero-order valence-electron chi connectivity index (χ0n) is 5.78. The van der Waals surface area contributed by atoms with Crippen LogP contribution < -0.4 is 5.73 Å². The highest BCUT2D eigenvalue weighted by Gasteiger charge is 2.28. The molecule has 2 atom stereocenters. The summed E-state index contributed by atoms with van der Waals surface area (Å²) in [5, 5.41) is 0. The molecule has 8 heavy (non-hydrogen) atoms. The van der Waals surface area contributed by atoms with Crippen molar-refractivity contribution in [2.75, 3.05) is 0 Å². The molecule has 0 aromatic heterocycles. The summed E-state index contributed by atoms with van der Waals surface area (Å²) in [5.74, 6) is 0.866. The molecule has 1 aliphatic rings. The molecule has 48 valence electrons. The van der Waals surface area contributed by atoms with Crippen molar-refractivity contribution in [1.82, 2.24) is 0 Å². The van der Waals surface area contributed by atoms with E-state index in [0.29, 0.717) is 0 Å². The summed E-state index contributed by atoms with van der Waals surface area (Å²) in [5.41, 5.74) is 6.03. The van der Waals surface area contributed by atoms with Crippen LogP contribution in [0.5, 0.6) is 0 Å². The van der Waals surface area contributed by atoms with Crippen LogP contribution in [0.3, 0.4) is 0 Å². The van der Waals surface area contributed by atoms with Crippen LogP contribution in [0.2, 0.25) is 0 Å². The smallest absolute Gasteiger partial charge is 0.0128 e. The Balaban J connectivity index is 2.44. The zero-order valence-corrected chi connectivity index (χ0v) is 5.78. The van der Waals surface area contributed by atoms with E-state index in [1.54, 1.807) is 0 Å². The number of hydrogen-bond donors (Lipinski definition) is 1. The molecule has 1 fully saturated rings. The molecule has 0 amide bonds. The van der Waals surface area contributed by atoms with Gasteiger partial charge in [-0.1, -0.05) is 6.92 Å². The lowest BCUT2D eigenvalue weighted by Gasteiger charge is -2.15. The van der Waals surface area contributed by atoms with Crippen molar-refractivity contribution in [3.05, 3.63) is 0 Å². The van der Waals surface area contributed by atoms with Gasteiger partial charge in [0.2, 0.25) is 0 Å². The highest BCUT2D eigenvalue weighted by atomic mass is 14.7. The minimum atomic E-state index is 0.166. The minimum absolute atomic E-state index is 0.166. The van der Waals surface area contributed by atoms with Crippen LogP contribution in [0.4, 0.5) is 0 Å². The lowest BCUT2D eigenvalue weighted by molar-refractivity contribution is 0.464. The predicted molar refractivity (Wildman–Crippen MR) is 35.6 cm³/mol. The molecule has 1 unspecified atom stereocenters. The van der Waals surface area contributed by atoms with E-state index in [0.717, 1.165) is 5.92 Å². The highest BCUT2D eigenvalue weighted by molar-refractivity contribution is 4.87. The molecule has 0 aromatic carbocycles. The first-order chi connectivity index (χ1) is 3.60. The maximum Gasteiger partial charge on any atom is 0.0128 e. The third kappa shape index (κ3) is 1.22. The van der Waals surface area contributed by atoms with Gasteiger partial charge in [-0.3, -0.25) is 0 Å². The van der Waals surface area contributed by atoms with E-state index in [9.17, 15) is 0 Å². The van der Waals surface area contributed by atoms with Crippen LogP contribution in [0.1, 0.15) is 33.1 Å². The fourth-order valence-electron chi connectivity index (χ4n) is 1.58. The van der Waals surface area contributed by atoms with Crippen LogP contribution in [0.15, 0.2) is 0 Å². The van der Waals surface area contributed by atoms with Gasteiger partial charge in [-0.25, -0.2) is 0 Å². The van der Waals surface area contributed by atoms with Crippen molar-refractivity contribution in [3.8, 4) is 0 Å². The molecule has 0 aliphatic heterocycles. The Kier molecular flexibility index (Phi) is 1.31. The third-order valence-electron chi connectivity index (χ3n) is 2.02. The SMILES string of the molecule is CC1CC[C@](C)(N)C1. The predicted octanol–water partition coefficient (Wildman–Crippen LogP) is 1.52. The van der Waals surface area contributed by atoms with Gasteiger partial charge in [-0.15, -0.1) is 0 Å². The molecule has 0 saturated heterocycles. The Morgan fingerprint density at radius 1 is 1.62 bits per heavy atom. The molecule has 1 saturated carbocycles. The molecule has 0 heterocycles. The molecule has 2 N–H and O–H groups in total. The molecule has 1 heteroatoms. The summed E-state index contributed by atoms with van der Waals surface area (Å²) < 4.78 is 0. The van der Waals surface area contributed by atoms with Gasteiger partial charge in [-0.2, -0.15) is 0 Å². The molecule has 0 aromatic rings. The van der Waals surface area contributed by atoms with Gasteiger partial charge in [0.25, 0.3) is 0 Å². The van der Waals surface area contributed by atoms with E-state index in [4.69, 9.17) is 5.73 Å². The van der Waals surface area contributed by atoms with E-state index in [1.807, 2.05) is 0 Å². The number of nitrogens with two attached hydrogens (primary N) is 1. The van der Waals surface area contributed by atoms with Crippen LogP contribution in [0.25, 0.3) is 0 Å². The largest absolute Gasteiger partial charge is 0.325 e. The van der Waals surface area contributed by atoms with E-state index in [1.165, 1.54) is 19.3 Å².